The predicted molar refractivity (Wildman–Crippen MR) is 82.3 cm³/mol. The maximum Gasteiger partial charge on any atom is 0.240 e. The van der Waals surface area contributed by atoms with Crippen molar-refractivity contribution in [2.75, 3.05) is 24.2 Å². The molecule has 2 rings (SSSR count). The highest BCUT2D eigenvalue weighted by molar-refractivity contribution is 7.89. The summed E-state index contributed by atoms with van der Waals surface area (Å²) in [7, 11) is -2.04. The smallest absolute Gasteiger partial charge is 0.240 e. The van der Waals surface area contributed by atoms with Crippen molar-refractivity contribution in [2.45, 2.75) is 37.6 Å². The van der Waals surface area contributed by atoms with Gasteiger partial charge < -0.3 is 10.6 Å². The van der Waals surface area contributed by atoms with Gasteiger partial charge in [-0.15, -0.1) is 0 Å². The molecule has 0 spiro atoms. The molecule has 1 aliphatic rings. The van der Waals surface area contributed by atoms with Crippen molar-refractivity contribution in [1.29, 1.82) is 0 Å². The van der Waals surface area contributed by atoms with Crippen LogP contribution < -0.4 is 15.4 Å². The highest BCUT2D eigenvalue weighted by Gasteiger charge is 2.28. The van der Waals surface area contributed by atoms with Gasteiger partial charge in [0.05, 0.1) is 16.3 Å². The third-order valence-corrected chi connectivity index (χ3v) is 5.37. The first kappa shape index (κ1) is 15.1. The minimum absolute atomic E-state index is 0.210. The number of nitrogens with two attached hydrogens (primary N) is 1. The van der Waals surface area contributed by atoms with E-state index in [0.717, 1.165) is 25.1 Å². The number of sulfonamides is 1. The second-order valence-electron chi connectivity index (χ2n) is 5.58. The summed E-state index contributed by atoms with van der Waals surface area (Å²) in [5.74, 6) is 0.553. The van der Waals surface area contributed by atoms with Gasteiger partial charge in [-0.05, 0) is 44.0 Å². The molecule has 0 radical (unpaired) electrons. The quantitative estimate of drug-likeness (QED) is 0.831. The molecule has 1 saturated heterocycles. The Labute approximate surface area is 121 Å². The Morgan fingerprint density at radius 2 is 2.10 bits per heavy atom. The summed E-state index contributed by atoms with van der Waals surface area (Å²) < 4.78 is 25.9. The standard InChI is InChI=1S/C14H23N3O2S/c1-10(2)13-5-4-8-17(13)14-7-6-11(9-12(14)15)20(18,19)16-3/h6-7,9-10,13,16H,4-5,8,15H2,1-3H3. The minimum atomic E-state index is -3.44. The Morgan fingerprint density at radius 3 is 2.65 bits per heavy atom. The molecular formula is C14H23N3O2S. The van der Waals surface area contributed by atoms with Crippen LogP contribution in [-0.4, -0.2) is 28.1 Å². The third kappa shape index (κ3) is 2.76. The molecule has 6 heteroatoms. The molecule has 5 nitrogen and oxygen atoms in total. The molecule has 1 aromatic rings. The lowest BCUT2D eigenvalue weighted by molar-refractivity contribution is 0.492. The average Bonchev–Trinajstić information content (AvgIpc) is 2.87. The molecule has 1 unspecified atom stereocenters. The van der Waals surface area contributed by atoms with E-state index in [0.29, 0.717) is 17.6 Å². The van der Waals surface area contributed by atoms with E-state index in [4.69, 9.17) is 5.73 Å². The van der Waals surface area contributed by atoms with Crippen molar-refractivity contribution >= 4 is 21.4 Å². The topological polar surface area (TPSA) is 75.4 Å². The van der Waals surface area contributed by atoms with Crippen LogP contribution in [0.25, 0.3) is 0 Å². The monoisotopic (exact) mass is 297 g/mol. The number of rotatable bonds is 4. The van der Waals surface area contributed by atoms with Crippen molar-refractivity contribution in [3.63, 3.8) is 0 Å². The van der Waals surface area contributed by atoms with Gasteiger partial charge in [-0.25, -0.2) is 13.1 Å². The number of nitrogens with one attached hydrogen (secondary N) is 1. The Bertz CT molecular complexity index is 584. The Balaban J connectivity index is 2.35. The maximum absolute atomic E-state index is 11.8. The summed E-state index contributed by atoms with van der Waals surface area (Å²) in [4.78, 5) is 2.51. The van der Waals surface area contributed by atoms with E-state index >= 15 is 0 Å². The van der Waals surface area contributed by atoms with E-state index in [-0.39, 0.29) is 4.90 Å². The lowest BCUT2D eigenvalue weighted by Crippen LogP contribution is -2.33. The zero-order valence-electron chi connectivity index (χ0n) is 12.3. The van der Waals surface area contributed by atoms with Gasteiger partial charge in [-0.3, -0.25) is 0 Å². The number of anilines is 2. The molecular weight excluding hydrogens is 274 g/mol. The van der Waals surface area contributed by atoms with Crippen molar-refractivity contribution < 1.29 is 8.42 Å². The second-order valence-corrected chi connectivity index (χ2v) is 7.46. The molecule has 0 aliphatic carbocycles. The molecule has 0 bridgehead atoms. The largest absolute Gasteiger partial charge is 0.397 e. The molecule has 1 atom stereocenters. The van der Waals surface area contributed by atoms with E-state index in [9.17, 15) is 8.42 Å². The van der Waals surface area contributed by atoms with Gasteiger partial charge in [0, 0.05) is 12.6 Å². The van der Waals surface area contributed by atoms with Crippen LogP contribution in [0.1, 0.15) is 26.7 Å². The number of hydrogen-bond donors (Lipinski definition) is 2. The summed E-state index contributed by atoms with van der Waals surface area (Å²) >= 11 is 0. The van der Waals surface area contributed by atoms with Crippen LogP contribution in [0.2, 0.25) is 0 Å². The fourth-order valence-electron chi connectivity index (χ4n) is 2.86. The van der Waals surface area contributed by atoms with E-state index in [1.807, 2.05) is 6.07 Å². The lowest BCUT2D eigenvalue weighted by Gasteiger charge is -2.30. The maximum atomic E-state index is 11.8. The number of nitrogens with zero attached hydrogens (tertiary/aromatic N) is 1. The highest BCUT2D eigenvalue weighted by Crippen LogP contribution is 2.34. The van der Waals surface area contributed by atoms with Crippen LogP contribution in [0.15, 0.2) is 23.1 Å². The van der Waals surface area contributed by atoms with E-state index in [2.05, 4.69) is 23.5 Å². The van der Waals surface area contributed by atoms with Crippen molar-refractivity contribution in [1.82, 2.24) is 4.72 Å². The third-order valence-electron chi connectivity index (χ3n) is 3.96. The molecule has 20 heavy (non-hydrogen) atoms. The van der Waals surface area contributed by atoms with Gasteiger partial charge in [-0.2, -0.15) is 0 Å². The molecule has 0 saturated carbocycles. The first-order valence-corrected chi connectivity index (χ1v) is 8.45. The minimum Gasteiger partial charge on any atom is -0.397 e. The fraction of sp³-hybridized carbons (Fsp3) is 0.571. The van der Waals surface area contributed by atoms with Crippen molar-refractivity contribution in [3.8, 4) is 0 Å². The van der Waals surface area contributed by atoms with E-state index < -0.39 is 10.0 Å². The fourth-order valence-corrected chi connectivity index (χ4v) is 3.63. The SMILES string of the molecule is CNS(=O)(=O)c1ccc(N2CCCC2C(C)C)c(N)c1. The van der Waals surface area contributed by atoms with Gasteiger partial charge in [-0.1, -0.05) is 13.8 Å². The van der Waals surface area contributed by atoms with Gasteiger partial charge in [0.15, 0.2) is 0 Å². The van der Waals surface area contributed by atoms with Crippen molar-refractivity contribution in [2.24, 2.45) is 5.92 Å². The summed E-state index contributed by atoms with van der Waals surface area (Å²) in [6.07, 6.45) is 2.31. The summed E-state index contributed by atoms with van der Waals surface area (Å²) in [5.41, 5.74) is 7.54. The molecule has 1 heterocycles. The normalized spacial score (nSPS) is 19.8. The molecule has 1 fully saturated rings. The molecule has 112 valence electrons. The number of benzene rings is 1. The summed E-state index contributed by atoms with van der Waals surface area (Å²) in [6, 6.07) is 5.45. The first-order valence-electron chi connectivity index (χ1n) is 6.96. The molecule has 0 amide bonds. The van der Waals surface area contributed by atoms with Gasteiger partial charge in [0.2, 0.25) is 10.0 Å². The lowest BCUT2D eigenvalue weighted by atomic mass is 10.0. The Kier molecular flexibility index (Phi) is 4.25. The Hall–Kier alpha value is -1.27. The average molecular weight is 297 g/mol. The molecule has 3 N–H and O–H groups in total. The summed E-state index contributed by atoms with van der Waals surface area (Å²) in [5, 5.41) is 0. The predicted octanol–water partition coefficient (Wildman–Crippen LogP) is 1.80. The van der Waals surface area contributed by atoms with Crippen LogP contribution in [0.5, 0.6) is 0 Å². The van der Waals surface area contributed by atoms with Crippen LogP contribution in [-0.2, 0) is 10.0 Å². The first-order chi connectivity index (χ1) is 9.36. The highest BCUT2D eigenvalue weighted by atomic mass is 32.2. The Morgan fingerprint density at radius 1 is 1.40 bits per heavy atom. The van der Waals surface area contributed by atoms with Crippen LogP contribution in [0.4, 0.5) is 11.4 Å². The molecule has 0 aromatic heterocycles. The van der Waals surface area contributed by atoms with Crippen LogP contribution >= 0.6 is 0 Å². The number of hydrogen-bond acceptors (Lipinski definition) is 4. The summed E-state index contributed by atoms with van der Waals surface area (Å²) in [6.45, 7) is 5.39. The van der Waals surface area contributed by atoms with Gasteiger partial charge in [0.25, 0.3) is 0 Å². The molecule has 1 aliphatic heterocycles. The van der Waals surface area contributed by atoms with E-state index in [1.165, 1.54) is 13.1 Å². The van der Waals surface area contributed by atoms with Gasteiger partial charge in [0.1, 0.15) is 0 Å². The van der Waals surface area contributed by atoms with Crippen LogP contribution in [0, 0.1) is 5.92 Å². The van der Waals surface area contributed by atoms with E-state index in [1.54, 1.807) is 6.07 Å². The van der Waals surface area contributed by atoms with Crippen LogP contribution in [0.3, 0.4) is 0 Å². The van der Waals surface area contributed by atoms with Crippen molar-refractivity contribution in [3.05, 3.63) is 18.2 Å². The zero-order valence-corrected chi connectivity index (χ0v) is 13.1. The van der Waals surface area contributed by atoms with Gasteiger partial charge >= 0.3 is 0 Å². The number of nitrogen functional groups attached to an aromatic ring is 1. The second kappa shape index (κ2) is 5.61. The zero-order chi connectivity index (χ0) is 14.9. The molecule has 1 aromatic carbocycles.